The summed E-state index contributed by atoms with van der Waals surface area (Å²) in [6.07, 6.45) is 3.94. The highest BCUT2D eigenvalue weighted by Gasteiger charge is 2.09. The van der Waals surface area contributed by atoms with Gasteiger partial charge < -0.3 is 10.2 Å². The first kappa shape index (κ1) is 10.4. The summed E-state index contributed by atoms with van der Waals surface area (Å²) < 4.78 is 0. The van der Waals surface area contributed by atoms with Gasteiger partial charge in [-0.3, -0.25) is 4.79 Å². The number of rotatable bonds is 4. The van der Waals surface area contributed by atoms with Crippen LogP contribution in [0.15, 0.2) is 23.8 Å². The van der Waals surface area contributed by atoms with Crippen molar-refractivity contribution in [3.8, 4) is 0 Å². The summed E-state index contributed by atoms with van der Waals surface area (Å²) in [6, 6.07) is 0. The van der Waals surface area contributed by atoms with Crippen LogP contribution in [0.5, 0.6) is 0 Å². The molecule has 0 fully saturated rings. The molecule has 0 radical (unpaired) electrons. The Labute approximate surface area is 69.8 Å². The predicted octanol–water partition coefficient (Wildman–Crippen LogP) is 1.05. The molecule has 0 saturated heterocycles. The van der Waals surface area contributed by atoms with E-state index in [9.17, 15) is 9.59 Å². The molecule has 0 atom stereocenters. The molecule has 2 N–H and O–H groups in total. The van der Waals surface area contributed by atoms with Crippen LogP contribution in [0.4, 0.5) is 0 Å². The molecular weight excluding hydrogens is 160 g/mol. The Balaban J connectivity index is 4.43. The molecule has 0 rings (SSSR count). The van der Waals surface area contributed by atoms with E-state index in [1.54, 1.807) is 13.0 Å². The van der Waals surface area contributed by atoms with Crippen molar-refractivity contribution in [2.45, 2.75) is 13.3 Å². The number of carboxylic acids is 2. The van der Waals surface area contributed by atoms with E-state index >= 15 is 0 Å². The molecule has 0 aromatic rings. The van der Waals surface area contributed by atoms with Gasteiger partial charge in [-0.05, 0) is 6.92 Å². The van der Waals surface area contributed by atoms with Crippen LogP contribution in [0.1, 0.15) is 13.3 Å². The summed E-state index contributed by atoms with van der Waals surface area (Å²) in [5, 5.41) is 16.8. The van der Waals surface area contributed by atoms with E-state index in [2.05, 4.69) is 0 Å². The van der Waals surface area contributed by atoms with Crippen molar-refractivity contribution in [2.75, 3.05) is 0 Å². The second kappa shape index (κ2) is 5.12. The molecule has 0 amide bonds. The zero-order valence-electron chi connectivity index (χ0n) is 6.65. The highest BCUT2D eigenvalue weighted by atomic mass is 16.4. The van der Waals surface area contributed by atoms with Crippen LogP contribution in [-0.2, 0) is 9.59 Å². The second-order valence-electron chi connectivity index (χ2n) is 2.09. The van der Waals surface area contributed by atoms with E-state index < -0.39 is 18.4 Å². The molecule has 66 valence electrons. The first-order valence-corrected chi connectivity index (χ1v) is 3.35. The number of allylic oxidation sites excluding steroid dienone is 3. The van der Waals surface area contributed by atoms with Crippen molar-refractivity contribution in [2.24, 2.45) is 0 Å². The fourth-order valence-electron chi connectivity index (χ4n) is 0.581. The average Bonchev–Trinajstić information content (AvgIpc) is 1.96. The lowest BCUT2D eigenvalue weighted by atomic mass is 10.2. The summed E-state index contributed by atoms with van der Waals surface area (Å²) in [4.78, 5) is 20.5. The van der Waals surface area contributed by atoms with Crippen molar-refractivity contribution >= 4 is 11.9 Å². The van der Waals surface area contributed by atoms with Crippen LogP contribution in [-0.4, -0.2) is 22.2 Å². The molecule has 0 heterocycles. The van der Waals surface area contributed by atoms with E-state index in [0.29, 0.717) is 0 Å². The fourth-order valence-corrected chi connectivity index (χ4v) is 0.581. The lowest BCUT2D eigenvalue weighted by Crippen LogP contribution is -2.06. The molecule has 0 unspecified atom stereocenters. The minimum atomic E-state index is -1.20. The Kier molecular flexibility index (Phi) is 4.45. The highest BCUT2D eigenvalue weighted by Crippen LogP contribution is 2.01. The van der Waals surface area contributed by atoms with Crippen LogP contribution >= 0.6 is 0 Å². The van der Waals surface area contributed by atoms with Gasteiger partial charge in [0.15, 0.2) is 0 Å². The topological polar surface area (TPSA) is 74.6 Å². The minimum Gasteiger partial charge on any atom is -0.481 e. The lowest BCUT2D eigenvalue weighted by molar-refractivity contribution is -0.139. The third-order valence-electron chi connectivity index (χ3n) is 1.11. The van der Waals surface area contributed by atoms with E-state index in [0.717, 1.165) is 0 Å². The smallest absolute Gasteiger partial charge is 0.332 e. The van der Waals surface area contributed by atoms with Gasteiger partial charge in [0.05, 0.1) is 6.42 Å². The van der Waals surface area contributed by atoms with Crippen LogP contribution in [0, 0.1) is 0 Å². The van der Waals surface area contributed by atoms with Gasteiger partial charge in [0, 0.05) is 5.57 Å². The monoisotopic (exact) mass is 170 g/mol. The van der Waals surface area contributed by atoms with E-state index in [4.69, 9.17) is 10.2 Å². The van der Waals surface area contributed by atoms with Gasteiger partial charge in [-0.2, -0.15) is 0 Å². The van der Waals surface area contributed by atoms with Gasteiger partial charge in [0.25, 0.3) is 0 Å². The SMILES string of the molecule is CC=CC=C(CC(=O)O)C(=O)O. The van der Waals surface area contributed by atoms with Gasteiger partial charge in [0.2, 0.25) is 0 Å². The number of carboxylic acid groups (broad SMARTS) is 2. The summed E-state index contributed by atoms with van der Waals surface area (Å²) >= 11 is 0. The molecule has 0 aromatic carbocycles. The van der Waals surface area contributed by atoms with Crippen LogP contribution in [0.2, 0.25) is 0 Å². The number of hydrogen-bond donors (Lipinski definition) is 2. The van der Waals surface area contributed by atoms with Gasteiger partial charge >= 0.3 is 11.9 Å². The molecule has 0 aliphatic carbocycles. The molecule has 0 aliphatic heterocycles. The quantitative estimate of drug-likeness (QED) is 0.488. The number of carbonyl (C=O) groups is 2. The van der Waals surface area contributed by atoms with Crippen LogP contribution in [0.25, 0.3) is 0 Å². The Morgan fingerprint density at radius 2 is 1.92 bits per heavy atom. The average molecular weight is 170 g/mol. The van der Waals surface area contributed by atoms with Gasteiger partial charge in [-0.25, -0.2) is 4.79 Å². The summed E-state index contributed by atoms with van der Waals surface area (Å²) in [5.41, 5.74) is -0.124. The molecule has 0 aromatic heterocycles. The van der Waals surface area contributed by atoms with Crippen molar-refractivity contribution in [1.82, 2.24) is 0 Å². The summed E-state index contributed by atoms with van der Waals surface area (Å²) in [7, 11) is 0. The van der Waals surface area contributed by atoms with E-state index in [1.807, 2.05) is 0 Å². The Hall–Kier alpha value is -1.58. The molecule has 12 heavy (non-hydrogen) atoms. The Morgan fingerprint density at radius 3 is 2.25 bits per heavy atom. The molecule has 4 nitrogen and oxygen atoms in total. The standard InChI is InChI=1S/C8H10O4/c1-2-3-4-6(8(11)12)5-7(9)10/h2-4H,5H2,1H3,(H,9,10)(H,11,12). The Bertz CT molecular complexity index is 237. The molecular formula is C8H10O4. The maximum absolute atomic E-state index is 10.4. The normalized spacial score (nSPS) is 11.9. The Morgan fingerprint density at radius 1 is 1.33 bits per heavy atom. The van der Waals surface area contributed by atoms with E-state index in [1.165, 1.54) is 12.2 Å². The lowest BCUT2D eigenvalue weighted by Gasteiger charge is -1.94. The van der Waals surface area contributed by atoms with Crippen LogP contribution < -0.4 is 0 Å². The van der Waals surface area contributed by atoms with Crippen molar-refractivity contribution in [3.05, 3.63) is 23.8 Å². The number of hydrogen-bond acceptors (Lipinski definition) is 2. The van der Waals surface area contributed by atoms with E-state index in [-0.39, 0.29) is 5.57 Å². The van der Waals surface area contributed by atoms with Crippen molar-refractivity contribution < 1.29 is 19.8 Å². The summed E-state index contributed by atoms with van der Waals surface area (Å²) in [5.74, 6) is -2.34. The third kappa shape index (κ3) is 4.27. The zero-order chi connectivity index (χ0) is 9.56. The maximum atomic E-state index is 10.4. The molecule has 0 spiro atoms. The fraction of sp³-hybridized carbons (Fsp3) is 0.250. The van der Waals surface area contributed by atoms with Gasteiger partial charge in [-0.1, -0.05) is 18.2 Å². The largest absolute Gasteiger partial charge is 0.481 e. The van der Waals surface area contributed by atoms with Crippen LogP contribution in [0.3, 0.4) is 0 Å². The summed E-state index contributed by atoms with van der Waals surface area (Å²) in [6.45, 7) is 1.72. The minimum absolute atomic E-state index is 0.124. The third-order valence-corrected chi connectivity index (χ3v) is 1.11. The molecule has 0 bridgehead atoms. The predicted molar refractivity (Wildman–Crippen MR) is 42.8 cm³/mol. The zero-order valence-corrected chi connectivity index (χ0v) is 6.65. The molecule has 0 saturated carbocycles. The molecule has 4 heteroatoms. The number of aliphatic carboxylic acids is 2. The maximum Gasteiger partial charge on any atom is 0.332 e. The van der Waals surface area contributed by atoms with Crippen molar-refractivity contribution in [1.29, 1.82) is 0 Å². The van der Waals surface area contributed by atoms with Gasteiger partial charge in [0.1, 0.15) is 0 Å². The first-order valence-electron chi connectivity index (χ1n) is 3.35. The van der Waals surface area contributed by atoms with Gasteiger partial charge in [-0.15, -0.1) is 0 Å². The first-order chi connectivity index (χ1) is 5.57. The molecule has 0 aliphatic rings. The van der Waals surface area contributed by atoms with Crippen molar-refractivity contribution in [3.63, 3.8) is 0 Å². The highest BCUT2D eigenvalue weighted by molar-refractivity contribution is 5.92. The second-order valence-corrected chi connectivity index (χ2v) is 2.09.